The summed E-state index contributed by atoms with van der Waals surface area (Å²) in [6.07, 6.45) is 0.104. The predicted octanol–water partition coefficient (Wildman–Crippen LogP) is 1.43. The molecule has 1 rings (SSSR count). The summed E-state index contributed by atoms with van der Waals surface area (Å²) < 4.78 is 0. The molecule has 0 fully saturated rings. The molecule has 0 aliphatic rings. The van der Waals surface area contributed by atoms with Crippen molar-refractivity contribution < 1.29 is 4.79 Å². The number of nitriles is 1. The second-order valence-electron chi connectivity index (χ2n) is 3.30. The maximum absolute atomic E-state index is 11.4. The number of hydrogen-bond acceptors (Lipinski definition) is 2. The molecule has 0 aliphatic heterocycles. The first-order valence-corrected chi connectivity index (χ1v) is 4.44. The predicted molar refractivity (Wildman–Crippen MR) is 56.5 cm³/mol. The zero-order valence-electron chi connectivity index (χ0n) is 8.59. The van der Waals surface area contributed by atoms with Gasteiger partial charge in [-0.1, -0.05) is 0 Å². The van der Waals surface area contributed by atoms with E-state index in [0.717, 1.165) is 17.0 Å². The first kappa shape index (κ1) is 11.0. The quantitative estimate of drug-likeness (QED) is 0.455. The van der Waals surface area contributed by atoms with Gasteiger partial charge in [0.2, 0.25) is 0 Å². The summed E-state index contributed by atoms with van der Waals surface area (Å²) in [4.78, 5) is 14.5. The minimum Gasteiger partial charge on any atom is -0.762 e. The highest BCUT2D eigenvalue weighted by atomic mass is 16.1. The third kappa shape index (κ3) is 2.43. The Kier molecular flexibility index (Phi) is 3.22. The third-order valence-electron chi connectivity index (χ3n) is 2.11. The van der Waals surface area contributed by atoms with Crippen molar-refractivity contribution in [1.82, 2.24) is 4.98 Å². The van der Waals surface area contributed by atoms with E-state index >= 15 is 0 Å². The van der Waals surface area contributed by atoms with Crippen molar-refractivity contribution in [2.24, 2.45) is 0 Å². The molecule has 0 aromatic carbocycles. The number of nitrogens with one attached hydrogen (secondary N) is 1. The van der Waals surface area contributed by atoms with E-state index in [1.165, 1.54) is 0 Å². The third-order valence-corrected chi connectivity index (χ3v) is 2.11. The van der Waals surface area contributed by atoms with Crippen LogP contribution in [0.15, 0.2) is 11.6 Å². The largest absolute Gasteiger partial charge is 0.762 e. The zero-order chi connectivity index (χ0) is 11.4. The van der Waals surface area contributed by atoms with E-state index in [0.29, 0.717) is 0 Å². The molecule has 4 heteroatoms. The van der Waals surface area contributed by atoms with Crippen LogP contribution in [0, 0.1) is 25.2 Å². The molecule has 0 unspecified atom stereocenters. The van der Waals surface area contributed by atoms with Crippen LogP contribution in [0.4, 0.5) is 0 Å². The summed E-state index contributed by atoms with van der Waals surface area (Å²) in [7, 11) is 0. The van der Waals surface area contributed by atoms with Gasteiger partial charge in [-0.05, 0) is 25.5 Å². The molecular formula is C11H10N3O-. The first-order chi connectivity index (χ1) is 7.08. The van der Waals surface area contributed by atoms with E-state index < -0.39 is 5.78 Å². The lowest BCUT2D eigenvalue weighted by Gasteiger charge is -1.97. The first-order valence-electron chi connectivity index (χ1n) is 4.44. The summed E-state index contributed by atoms with van der Waals surface area (Å²) in [6, 6.07) is 3.44. The standard InChI is InChI=1S/C11H10N3O/c1-7-3-9(8(2)14-7)4-11(15)10(5-12)6-13/h3,14H,4H2,1-2H3/q-1. The number of Topliss-reactive ketones (excluding diaryl/α,β-unsaturated/α-hetero) is 1. The SMILES string of the molecule is Cc1cc(CC(=O)C(=C=[N-])C#N)c(C)[nH]1. The normalized spacial score (nSPS) is 9.13. The Morgan fingerprint density at radius 3 is 2.67 bits per heavy atom. The van der Waals surface area contributed by atoms with Gasteiger partial charge in [0.1, 0.15) is 11.6 Å². The summed E-state index contributed by atoms with van der Waals surface area (Å²) in [6.45, 7) is 3.74. The van der Waals surface area contributed by atoms with Crippen LogP contribution >= 0.6 is 0 Å². The highest BCUT2D eigenvalue weighted by Gasteiger charge is 2.11. The molecule has 1 aromatic rings. The maximum atomic E-state index is 11.4. The molecule has 0 bridgehead atoms. The van der Waals surface area contributed by atoms with Crippen LogP contribution in [0.1, 0.15) is 17.0 Å². The van der Waals surface area contributed by atoms with Gasteiger partial charge in [0.05, 0.1) is 0 Å². The summed E-state index contributed by atoms with van der Waals surface area (Å²) in [5.41, 5.74) is 2.36. The van der Waals surface area contributed by atoms with Gasteiger partial charge in [0.25, 0.3) is 0 Å². The van der Waals surface area contributed by atoms with E-state index in [1.807, 2.05) is 19.9 Å². The fourth-order valence-corrected chi connectivity index (χ4v) is 1.38. The van der Waals surface area contributed by atoms with Crippen LogP contribution < -0.4 is 0 Å². The monoisotopic (exact) mass is 200 g/mol. The van der Waals surface area contributed by atoms with Crippen LogP contribution in [0.5, 0.6) is 0 Å². The van der Waals surface area contributed by atoms with Gasteiger partial charge in [-0.3, -0.25) is 4.79 Å². The molecule has 0 spiro atoms. The lowest BCUT2D eigenvalue weighted by atomic mass is 10.1. The smallest absolute Gasteiger partial charge is 0.183 e. The Bertz CT molecular complexity index is 484. The number of H-pyrrole nitrogens is 1. The van der Waals surface area contributed by atoms with Crippen LogP contribution in [0.3, 0.4) is 0 Å². The number of ketones is 1. The van der Waals surface area contributed by atoms with E-state index in [-0.39, 0.29) is 12.0 Å². The van der Waals surface area contributed by atoms with Crippen molar-refractivity contribution >= 4 is 11.7 Å². The van der Waals surface area contributed by atoms with Crippen molar-refractivity contribution in [1.29, 1.82) is 5.26 Å². The molecule has 76 valence electrons. The highest BCUT2D eigenvalue weighted by molar-refractivity contribution is 6.08. The minimum atomic E-state index is -0.429. The minimum absolute atomic E-state index is 0.104. The number of rotatable bonds is 3. The van der Waals surface area contributed by atoms with Crippen molar-refractivity contribution in [3.63, 3.8) is 0 Å². The van der Waals surface area contributed by atoms with Gasteiger partial charge >= 0.3 is 0 Å². The van der Waals surface area contributed by atoms with Gasteiger partial charge in [-0.15, -0.1) is 0 Å². The highest BCUT2D eigenvalue weighted by Crippen LogP contribution is 2.11. The molecule has 1 N–H and O–H groups in total. The molecule has 0 radical (unpaired) electrons. The average Bonchev–Trinajstić information content (AvgIpc) is 2.47. The summed E-state index contributed by atoms with van der Waals surface area (Å²) in [5, 5.41) is 17.0. The van der Waals surface area contributed by atoms with E-state index in [2.05, 4.69) is 4.98 Å². The van der Waals surface area contributed by atoms with Crippen molar-refractivity contribution in [2.75, 3.05) is 0 Å². The van der Waals surface area contributed by atoms with E-state index in [4.69, 9.17) is 10.7 Å². The van der Waals surface area contributed by atoms with Crippen LogP contribution in [-0.4, -0.2) is 16.6 Å². The molecule has 1 heterocycles. The van der Waals surface area contributed by atoms with Crippen molar-refractivity contribution in [3.05, 3.63) is 34.0 Å². The molecule has 1 aromatic heterocycles. The Morgan fingerprint density at radius 1 is 1.60 bits per heavy atom. The molecule has 0 saturated carbocycles. The van der Waals surface area contributed by atoms with Crippen LogP contribution in [0.2, 0.25) is 0 Å². The topological polar surface area (TPSA) is 79.0 Å². The Labute approximate surface area is 87.7 Å². The van der Waals surface area contributed by atoms with E-state index in [9.17, 15) is 4.79 Å². The van der Waals surface area contributed by atoms with Crippen molar-refractivity contribution in [2.45, 2.75) is 20.3 Å². The average molecular weight is 200 g/mol. The van der Waals surface area contributed by atoms with E-state index in [1.54, 1.807) is 11.9 Å². The summed E-state index contributed by atoms with van der Waals surface area (Å²) in [5.74, 6) is 1.17. The number of aromatic nitrogens is 1. The molecule has 0 aliphatic carbocycles. The zero-order valence-corrected chi connectivity index (χ0v) is 8.59. The number of allylic oxidation sites excluding steroid dienone is 1. The number of aryl methyl sites for hydroxylation is 2. The van der Waals surface area contributed by atoms with Gasteiger partial charge in [-0.2, -0.15) is 5.26 Å². The molecule has 0 saturated heterocycles. The molecule has 4 nitrogen and oxygen atoms in total. The Balaban J connectivity index is 2.89. The molecular weight excluding hydrogens is 190 g/mol. The fraction of sp³-hybridized carbons (Fsp3) is 0.273. The maximum Gasteiger partial charge on any atom is 0.183 e. The van der Waals surface area contributed by atoms with Crippen LogP contribution in [-0.2, 0) is 11.2 Å². The fourth-order valence-electron chi connectivity index (χ4n) is 1.38. The number of carbonyl (C=O) groups excluding carboxylic acids is 1. The van der Waals surface area contributed by atoms with Crippen molar-refractivity contribution in [3.8, 4) is 6.07 Å². The lowest BCUT2D eigenvalue weighted by molar-refractivity contribution is -0.114. The van der Waals surface area contributed by atoms with Gasteiger partial charge in [-0.25, -0.2) is 5.87 Å². The number of nitrogens with zero attached hydrogens (tertiary/aromatic N) is 2. The van der Waals surface area contributed by atoms with Gasteiger partial charge in [0.15, 0.2) is 5.78 Å². The number of carbonyl (C=O) groups is 1. The molecule has 15 heavy (non-hydrogen) atoms. The second-order valence-corrected chi connectivity index (χ2v) is 3.30. The second kappa shape index (κ2) is 4.41. The summed E-state index contributed by atoms with van der Waals surface area (Å²) >= 11 is 0. The lowest BCUT2D eigenvalue weighted by Crippen LogP contribution is -2.05. The number of aromatic amines is 1. The van der Waals surface area contributed by atoms with Gasteiger partial charge < -0.3 is 10.4 Å². The van der Waals surface area contributed by atoms with Crippen LogP contribution in [0.25, 0.3) is 5.41 Å². The number of hydrogen-bond donors (Lipinski definition) is 1. The molecule has 0 amide bonds. The molecule has 0 atom stereocenters. The Hall–Kier alpha value is -2.11. The van der Waals surface area contributed by atoms with Gasteiger partial charge in [0, 0.05) is 17.8 Å². The Morgan fingerprint density at radius 2 is 2.27 bits per heavy atom.